The highest BCUT2D eigenvalue weighted by molar-refractivity contribution is 9.10. The van der Waals surface area contributed by atoms with E-state index in [1.165, 1.54) is 7.11 Å². The molecule has 0 bridgehead atoms. The average molecular weight is 680 g/mol. The zero-order valence-corrected chi connectivity index (χ0v) is 25.5. The summed E-state index contributed by atoms with van der Waals surface area (Å²) in [6.07, 6.45) is 1.58. The van der Waals surface area contributed by atoms with E-state index in [4.69, 9.17) is 42.1 Å². The minimum atomic E-state index is -0.461. The van der Waals surface area contributed by atoms with Crippen molar-refractivity contribution >= 4 is 79.7 Å². The van der Waals surface area contributed by atoms with E-state index in [0.717, 1.165) is 22.2 Å². The van der Waals surface area contributed by atoms with E-state index >= 15 is 0 Å². The monoisotopic (exact) mass is 678 g/mol. The highest BCUT2D eigenvalue weighted by Gasteiger charge is 2.36. The van der Waals surface area contributed by atoms with E-state index in [2.05, 4.69) is 21.2 Å². The molecule has 0 aromatic heterocycles. The summed E-state index contributed by atoms with van der Waals surface area (Å²) in [5.41, 5.74) is 2.57. The Kier molecular flexibility index (Phi) is 8.69. The Labute approximate surface area is 257 Å². The number of nitrogens with zero attached hydrogens (tertiary/aromatic N) is 1. The molecule has 0 spiro atoms. The maximum absolute atomic E-state index is 13.1. The van der Waals surface area contributed by atoms with Gasteiger partial charge in [0.2, 0.25) is 6.79 Å². The van der Waals surface area contributed by atoms with Crippen molar-refractivity contribution in [2.24, 2.45) is 0 Å². The number of methoxy groups -OCH3 is 1. The van der Waals surface area contributed by atoms with E-state index in [1.807, 2.05) is 6.92 Å². The second kappa shape index (κ2) is 12.2. The van der Waals surface area contributed by atoms with Crippen LogP contribution in [0.1, 0.15) is 16.7 Å². The fourth-order valence-corrected chi connectivity index (χ4v) is 5.81. The molecular weight excluding hydrogens is 659 g/mol. The SMILES string of the molecule is COc1cc(/C=C2\SC(=O)N(Cc3cc4c(cc3Cl)OCO4)C2=O)cc(Br)c1OCC(=O)Nc1ccc(C)c(Cl)c1. The van der Waals surface area contributed by atoms with Gasteiger partial charge in [0.05, 0.1) is 23.0 Å². The summed E-state index contributed by atoms with van der Waals surface area (Å²) in [7, 11) is 1.45. The van der Waals surface area contributed by atoms with Crippen molar-refractivity contribution in [3.8, 4) is 23.0 Å². The number of ether oxygens (including phenoxy) is 4. The number of hydrogen-bond acceptors (Lipinski definition) is 8. The fourth-order valence-electron chi connectivity index (χ4n) is 4.01. The first-order valence-electron chi connectivity index (χ1n) is 12.0. The summed E-state index contributed by atoms with van der Waals surface area (Å²) in [5, 5.41) is 3.20. The first-order chi connectivity index (χ1) is 19.6. The van der Waals surface area contributed by atoms with Crippen LogP contribution in [0.15, 0.2) is 51.8 Å². The van der Waals surface area contributed by atoms with Gasteiger partial charge < -0.3 is 24.3 Å². The van der Waals surface area contributed by atoms with Crippen LogP contribution >= 0.6 is 50.9 Å². The topological polar surface area (TPSA) is 103 Å². The Morgan fingerprint density at radius 2 is 1.88 bits per heavy atom. The van der Waals surface area contributed by atoms with Crippen LogP contribution in [-0.2, 0) is 16.1 Å². The molecule has 2 heterocycles. The van der Waals surface area contributed by atoms with E-state index < -0.39 is 11.1 Å². The van der Waals surface area contributed by atoms with Crippen LogP contribution in [0, 0.1) is 6.92 Å². The third-order valence-corrected chi connectivity index (χ3v) is 8.35. The van der Waals surface area contributed by atoms with Gasteiger partial charge >= 0.3 is 0 Å². The molecule has 0 saturated carbocycles. The van der Waals surface area contributed by atoms with E-state index in [0.29, 0.717) is 54.3 Å². The molecule has 212 valence electrons. The zero-order valence-electron chi connectivity index (χ0n) is 21.6. The van der Waals surface area contributed by atoms with Crippen molar-refractivity contribution in [3.63, 3.8) is 0 Å². The Balaban J connectivity index is 1.28. The second-order valence-electron chi connectivity index (χ2n) is 8.90. The largest absolute Gasteiger partial charge is 0.493 e. The van der Waals surface area contributed by atoms with E-state index in [9.17, 15) is 14.4 Å². The number of hydrogen-bond donors (Lipinski definition) is 1. The summed E-state index contributed by atoms with van der Waals surface area (Å²) in [4.78, 5) is 39.7. The summed E-state index contributed by atoms with van der Waals surface area (Å²) in [6.45, 7) is 1.64. The van der Waals surface area contributed by atoms with Crippen LogP contribution < -0.4 is 24.3 Å². The molecule has 3 amide bonds. The van der Waals surface area contributed by atoms with Crippen LogP contribution in [0.3, 0.4) is 0 Å². The number of imide groups is 1. The normalized spacial score (nSPS) is 15.0. The van der Waals surface area contributed by atoms with E-state index in [1.54, 1.807) is 48.5 Å². The molecule has 0 atom stereocenters. The molecule has 3 aromatic carbocycles. The standard InChI is InChI=1S/C28H21BrCl2N2O7S/c1-14-3-4-17(9-19(14)30)32-25(34)12-38-26-18(29)5-15(6-23(26)37-2)7-24-27(35)33(28(36)41-24)11-16-8-21-22(10-20(16)31)40-13-39-21/h3-10H,11-13H2,1-2H3,(H,32,34)/b24-7-. The molecule has 13 heteroatoms. The van der Waals surface area contributed by atoms with Crippen LogP contribution in [-0.4, -0.2) is 42.5 Å². The Hall–Kier alpha value is -3.38. The number of carbonyl (C=O) groups excluding carboxylic acids is 3. The second-order valence-corrected chi connectivity index (χ2v) is 11.6. The lowest BCUT2D eigenvalue weighted by molar-refractivity contribution is -0.123. The molecule has 0 radical (unpaired) electrons. The lowest BCUT2D eigenvalue weighted by Gasteiger charge is -2.14. The molecule has 41 heavy (non-hydrogen) atoms. The van der Waals surface area contributed by atoms with Crippen molar-refractivity contribution in [2.75, 3.05) is 25.8 Å². The van der Waals surface area contributed by atoms with Gasteiger partial charge in [-0.25, -0.2) is 0 Å². The molecule has 2 aliphatic heterocycles. The minimum Gasteiger partial charge on any atom is -0.493 e. The van der Waals surface area contributed by atoms with Gasteiger partial charge in [-0.2, -0.15) is 0 Å². The van der Waals surface area contributed by atoms with Crippen molar-refractivity contribution in [3.05, 3.63) is 78.6 Å². The molecule has 9 nitrogen and oxygen atoms in total. The van der Waals surface area contributed by atoms with Gasteiger partial charge in [-0.1, -0.05) is 29.3 Å². The molecule has 1 saturated heterocycles. The van der Waals surface area contributed by atoms with Gasteiger partial charge in [-0.05, 0) is 87.7 Å². The first kappa shape index (κ1) is 29.1. The molecular formula is C28H21BrCl2N2O7S. The summed E-state index contributed by atoms with van der Waals surface area (Å²) in [5.74, 6) is 0.784. The number of halogens is 3. The highest BCUT2D eigenvalue weighted by atomic mass is 79.9. The Morgan fingerprint density at radius 3 is 2.61 bits per heavy atom. The summed E-state index contributed by atoms with van der Waals surface area (Å²) < 4.78 is 22.4. The Bertz CT molecular complexity index is 1610. The van der Waals surface area contributed by atoms with Gasteiger partial charge in [0.1, 0.15) is 0 Å². The zero-order chi connectivity index (χ0) is 29.3. The number of rotatable bonds is 8. The molecule has 0 aliphatic carbocycles. The predicted molar refractivity (Wildman–Crippen MR) is 160 cm³/mol. The van der Waals surface area contributed by atoms with Gasteiger partial charge in [0, 0.05) is 21.8 Å². The smallest absolute Gasteiger partial charge is 0.293 e. The molecule has 1 fully saturated rings. The number of benzene rings is 3. The van der Waals surface area contributed by atoms with Crippen molar-refractivity contribution < 1.29 is 33.3 Å². The average Bonchev–Trinajstić information content (AvgIpc) is 3.48. The maximum Gasteiger partial charge on any atom is 0.293 e. The summed E-state index contributed by atoms with van der Waals surface area (Å²) in [6, 6.07) is 11.8. The van der Waals surface area contributed by atoms with Crippen LogP contribution in [0.25, 0.3) is 6.08 Å². The maximum atomic E-state index is 13.1. The van der Waals surface area contributed by atoms with Gasteiger partial charge in [-0.15, -0.1) is 0 Å². The van der Waals surface area contributed by atoms with Crippen LogP contribution in [0.5, 0.6) is 23.0 Å². The van der Waals surface area contributed by atoms with Gasteiger partial charge in [0.25, 0.3) is 17.1 Å². The number of carbonyl (C=O) groups is 3. The van der Waals surface area contributed by atoms with Crippen molar-refractivity contribution in [1.82, 2.24) is 4.90 Å². The first-order valence-corrected chi connectivity index (χ1v) is 14.4. The number of aryl methyl sites for hydroxylation is 1. The molecule has 3 aromatic rings. The lowest BCUT2D eigenvalue weighted by atomic mass is 10.1. The van der Waals surface area contributed by atoms with Crippen molar-refractivity contribution in [2.45, 2.75) is 13.5 Å². The minimum absolute atomic E-state index is 0.0197. The number of fused-ring (bicyclic) bond motifs is 1. The fraction of sp³-hybridized carbons (Fsp3) is 0.179. The predicted octanol–water partition coefficient (Wildman–Crippen LogP) is 7.06. The third-order valence-electron chi connectivity index (χ3n) is 6.10. The third kappa shape index (κ3) is 6.43. The number of amides is 3. The number of anilines is 1. The Morgan fingerprint density at radius 1 is 1.12 bits per heavy atom. The van der Waals surface area contributed by atoms with E-state index in [-0.39, 0.29) is 30.8 Å². The lowest BCUT2D eigenvalue weighted by Crippen LogP contribution is -2.27. The quantitative estimate of drug-likeness (QED) is 0.253. The van der Waals surface area contributed by atoms with Gasteiger partial charge in [-0.3, -0.25) is 19.3 Å². The molecule has 2 aliphatic rings. The molecule has 1 N–H and O–H groups in total. The summed E-state index contributed by atoms with van der Waals surface area (Å²) >= 11 is 16.7. The van der Waals surface area contributed by atoms with Crippen LogP contribution in [0.2, 0.25) is 10.0 Å². The number of thioether (sulfide) groups is 1. The number of nitrogens with one attached hydrogen (secondary N) is 1. The van der Waals surface area contributed by atoms with Crippen molar-refractivity contribution in [1.29, 1.82) is 0 Å². The molecule has 0 unspecified atom stereocenters. The van der Waals surface area contributed by atoms with Gasteiger partial charge in [0.15, 0.2) is 29.6 Å². The highest BCUT2D eigenvalue weighted by Crippen LogP contribution is 2.41. The van der Waals surface area contributed by atoms with Crippen LogP contribution in [0.4, 0.5) is 10.5 Å². The molecule has 5 rings (SSSR count).